The minimum Gasteiger partial charge on any atom is -0.507 e. The molecule has 4 aromatic rings. The molecule has 0 saturated heterocycles. The fraction of sp³-hybridized carbons (Fsp3) is 0.158. The molecule has 0 bridgehead atoms. The Morgan fingerprint density at radius 2 is 1.30 bits per heavy atom. The topological polar surface area (TPSA) is 88.5 Å². The first kappa shape index (κ1) is 28.0. The lowest BCUT2D eigenvalue weighted by Gasteiger charge is -2.26. The van der Waals surface area contributed by atoms with Gasteiger partial charge in [0.2, 0.25) is 0 Å². The normalized spacial score (nSPS) is 15.5. The molecule has 0 aromatic heterocycles. The molecule has 1 atom stereocenters. The number of aromatic hydroxyl groups is 1. The quantitative estimate of drug-likeness (QED) is 0.256. The van der Waals surface area contributed by atoms with Crippen LogP contribution in [0.15, 0.2) is 113 Å². The second kappa shape index (κ2) is 10.9. The molecule has 43 heavy (non-hydrogen) atoms. The Morgan fingerprint density at radius 3 is 2.00 bits per heavy atom. The van der Waals surface area contributed by atoms with Crippen LogP contribution in [0, 0.1) is 0 Å². The third-order valence-corrected chi connectivity index (χ3v) is 8.71. The maximum atomic E-state index is 13.7. The second-order valence-corrected chi connectivity index (χ2v) is 11.2. The van der Waals surface area contributed by atoms with E-state index in [1.807, 2.05) is 67.6 Å². The van der Waals surface area contributed by atoms with Gasteiger partial charge < -0.3 is 5.11 Å². The summed E-state index contributed by atoms with van der Waals surface area (Å²) in [5.74, 6) is -1.18. The van der Waals surface area contributed by atoms with Crippen LogP contribution in [0.25, 0.3) is 11.1 Å². The fourth-order valence-electron chi connectivity index (χ4n) is 6.32. The first-order valence-corrected chi connectivity index (χ1v) is 14.4. The molecule has 5 nitrogen and oxygen atoms in total. The smallest absolute Gasteiger partial charge is 0.194 e. The molecular formula is C38H30O5. The zero-order valence-corrected chi connectivity index (χ0v) is 24.2. The Hall–Kier alpha value is -5.16. The van der Waals surface area contributed by atoms with Crippen LogP contribution >= 0.6 is 0 Å². The molecule has 0 aliphatic heterocycles. The molecule has 0 saturated carbocycles. The molecule has 0 spiro atoms. The summed E-state index contributed by atoms with van der Waals surface area (Å²) in [6, 6.07) is 27.3. The summed E-state index contributed by atoms with van der Waals surface area (Å²) >= 11 is 0. The van der Waals surface area contributed by atoms with Crippen molar-refractivity contribution in [2.24, 2.45) is 0 Å². The highest BCUT2D eigenvalue weighted by Crippen LogP contribution is 2.39. The van der Waals surface area contributed by atoms with E-state index in [1.165, 1.54) is 6.07 Å². The zero-order valence-electron chi connectivity index (χ0n) is 24.2. The van der Waals surface area contributed by atoms with Crippen LogP contribution in [0.3, 0.4) is 0 Å². The van der Waals surface area contributed by atoms with Crippen molar-refractivity contribution in [3.05, 3.63) is 147 Å². The maximum absolute atomic E-state index is 13.7. The van der Waals surface area contributed by atoms with E-state index in [1.54, 1.807) is 38.1 Å². The number of phenols is 1. The van der Waals surface area contributed by atoms with Crippen LogP contribution in [0.1, 0.15) is 85.7 Å². The van der Waals surface area contributed by atoms with Gasteiger partial charge in [-0.3, -0.25) is 19.2 Å². The minimum absolute atomic E-state index is 0.0551. The summed E-state index contributed by atoms with van der Waals surface area (Å²) in [6.45, 7) is 5.42. The molecule has 2 aliphatic rings. The molecule has 212 valence electrons. The Labute approximate surface area is 250 Å². The van der Waals surface area contributed by atoms with E-state index in [2.05, 4.69) is 0 Å². The Balaban J connectivity index is 1.28. The van der Waals surface area contributed by atoms with Crippen molar-refractivity contribution in [3.8, 4) is 16.9 Å². The number of hydrogen-bond acceptors (Lipinski definition) is 5. The number of carbonyl (C=O) groups excluding carboxylic acids is 4. The molecule has 2 aliphatic carbocycles. The molecule has 0 fully saturated rings. The van der Waals surface area contributed by atoms with Gasteiger partial charge in [0.25, 0.3) is 0 Å². The number of Topliss-reactive ketones (excluding diaryl/α,β-unsaturated/α-hetero) is 4. The van der Waals surface area contributed by atoms with E-state index in [-0.39, 0.29) is 52.3 Å². The average molecular weight is 567 g/mol. The van der Waals surface area contributed by atoms with Crippen molar-refractivity contribution in [2.45, 2.75) is 39.5 Å². The number of phenolic OH excluding ortho intramolecular Hbond substituents is 1. The van der Waals surface area contributed by atoms with E-state index in [4.69, 9.17) is 0 Å². The lowest BCUT2D eigenvalue weighted by molar-refractivity contribution is 0.0969. The Bertz CT molecular complexity index is 1910. The predicted octanol–water partition coefficient (Wildman–Crippen LogP) is 7.89. The van der Waals surface area contributed by atoms with Gasteiger partial charge in [0.05, 0.1) is 5.56 Å². The summed E-state index contributed by atoms with van der Waals surface area (Å²) in [4.78, 5) is 53.5. The second-order valence-electron chi connectivity index (χ2n) is 11.2. The van der Waals surface area contributed by atoms with Gasteiger partial charge in [0.15, 0.2) is 23.1 Å². The van der Waals surface area contributed by atoms with E-state index >= 15 is 0 Å². The molecule has 6 rings (SSSR count). The van der Waals surface area contributed by atoms with Crippen molar-refractivity contribution in [3.63, 3.8) is 0 Å². The number of carbonyl (C=O) groups is 4. The average Bonchev–Trinajstić information content (AvgIpc) is 3.03. The third-order valence-electron chi connectivity index (χ3n) is 8.71. The van der Waals surface area contributed by atoms with Gasteiger partial charge in [-0.25, -0.2) is 0 Å². The van der Waals surface area contributed by atoms with Crippen LogP contribution < -0.4 is 0 Å². The number of allylic oxidation sites excluding steroid dienone is 4. The summed E-state index contributed by atoms with van der Waals surface area (Å²) in [7, 11) is 0. The number of hydrogen-bond donors (Lipinski definition) is 1. The van der Waals surface area contributed by atoms with Gasteiger partial charge in [-0.05, 0) is 60.7 Å². The molecular weight excluding hydrogens is 536 g/mol. The van der Waals surface area contributed by atoms with Crippen molar-refractivity contribution >= 4 is 23.1 Å². The lowest BCUT2D eigenvalue weighted by atomic mass is 9.75. The Kier molecular flexibility index (Phi) is 7.10. The van der Waals surface area contributed by atoms with Crippen molar-refractivity contribution < 1.29 is 24.3 Å². The fourth-order valence-corrected chi connectivity index (χ4v) is 6.32. The largest absolute Gasteiger partial charge is 0.507 e. The number of fused-ring (bicyclic) bond motifs is 2. The van der Waals surface area contributed by atoms with E-state index in [9.17, 15) is 24.3 Å². The summed E-state index contributed by atoms with van der Waals surface area (Å²) in [5, 5.41) is 10.3. The molecule has 4 aromatic carbocycles. The van der Waals surface area contributed by atoms with Crippen LogP contribution in [0.4, 0.5) is 0 Å². The molecule has 0 heterocycles. The highest BCUT2D eigenvalue weighted by Gasteiger charge is 2.35. The van der Waals surface area contributed by atoms with E-state index in [0.29, 0.717) is 39.8 Å². The van der Waals surface area contributed by atoms with Gasteiger partial charge >= 0.3 is 0 Å². The van der Waals surface area contributed by atoms with Gasteiger partial charge in [0, 0.05) is 51.3 Å². The van der Waals surface area contributed by atoms with Crippen LogP contribution in [0.5, 0.6) is 5.75 Å². The van der Waals surface area contributed by atoms with E-state index in [0.717, 1.165) is 22.3 Å². The van der Waals surface area contributed by atoms with Crippen LogP contribution in [-0.4, -0.2) is 28.2 Å². The van der Waals surface area contributed by atoms with Gasteiger partial charge in [0.1, 0.15) is 5.75 Å². The first-order valence-electron chi connectivity index (χ1n) is 14.4. The molecule has 5 heteroatoms. The van der Waals surface area contributed by atoms with Gasteiger partial charge in [-0.2, -0.15) is 0 Å². The maximum Gasteiger partial charge on any atom is 0.194 e. The van der Waals surface area contributed by atoms with Gasteiger partial charge in [-0.1, -0.05) is 79.7 Å². The Morgan fingerprint density at radius 1 is 0.628 bits per heavy atom. The van der Waals surface area contributed by atoms with Crippen LogP contribution in [0.2, 0.25) is 0 Å². The minimum atomic E-state index is -0.340. The number of ketones is 4. The summed E-state index contributed by atoms with van der Waals surface area (Å²) in [5.41, 5.74) is 6.42. The predicted molar refractivity (Wildman–Crippen MR) is 166 cm³/mol. The van der Waals surface area contributed by atoms with Crippen molar-refractivity contribution in [2.75, 3.05) is 0 Å². The van der Waals surface area contributed by atoms with Crippen molar-refractivity contribution in [1.82, 2.24) is 0 Å². The van der Waals surface area contributed by atoms with Crippen molar-refractivity contribution in [1.29, 1.82) is 0 Å². The van der Waals surface area contributed by atoms with Gasteiger partial charge in [-0.15, -0.1) is 0 Å². The lowest BCUT2D eigenvalue weighted by Crippen LogP contribution is -2.24. The zero-order chi connectivity index (χ0) is 30.4. The van der Waals surface area contributed by atoms with Crippen LogP contribution in [-0.2, 0) is 6.42 Å². The molecule has 1 unspecified atom stereocenters. The highest BCUT2D eigenvalue weighted by atomic mass is 16.3. The third kappa shape index (κ3) is 4.67. The summed E-state index contributed by atoms with van der Waals surface area (Å²) in [6.07, 6.45) is 0.952. The SMILES string of the molecule is CCC(C1=C(C)C(=O)c2cc(-c3ccc(CC4=C(C)C(=O)c5cccc(O)c5C4=O)cc3)ccc2C1=O)c1ccccc1. The molecule has 0 amide bonds. The highest BCUT2D eigenvalue weighted by molar-refractivity contribution is 6.28. The molecule has 1 N–H and O–H groups in total. The standard InChI is InChI=1S/C38H30O5/c1-4-27(25-9-6-5-7-10-25)33-22(3)36(41)31-20-26(17-18-28(31)37(33)42)24-15-13-23(14-16-24)19-30-21(2)35(40)29-11-8-12-32(39)34(29)38(30)43/h5-18,20,27,39H,4,19H2,1-3H3. The molecule has 0 radical (unpaired) electrons. The van der Waals surface area contributed by atoms with E-state index < -0.39 is 0 Å². The number of benzene rings is 4. The first-order chi connectivity index (χ1) is 20.7. The number of rotatable bonds is 6. The monoisotopic (exact) mass is 566 g/mol. The summed E-state index contributed by atoms with van der Waals surface area (Å²) < 4.78 is 0.